The van der Waals surface area contributed by atoms with Crippen molar-refractivity contribution < 1.29 is 8.42 Å². The van der Waals surface area contributed by atoms with Gasteiger partial charge in [-0.3, -0.25) is 9.29 Å². The van der Waals surface area contributed by atoms with Crippen LogP contribution in [0.4, 0.5) is 5.69 Å². The molecule has 0 saturated heterocycles. The molecule has 0 N–H and O–H groups in total. The molecule has 22 heavy (non-hydrogen) atoms. The Balaban J connectivity index is 1.89. The monoisotopic (exact) mass is 312 g/mol. The van der Waals surface area contributed by atoms with Gasteiger partial charge in [-0.2, -0.15) is 0 Å². The van der Waals surface area contributed by atoms with E-state index in [9.17, 15) is 8.42 Å². The number of pyridine rings is 1. The van der Waals surface area contributed by atoms with E-state index in [1.54, 1.807) is 24.4 Å². The molecule has 1 saturated carbocycles. The Kier molecular flexibility index (Phi) is 2.72. The molecule has 1 aromatic heterocycles. The molecule has 0 spiro atoms. The minimum atomic E-state index is -3.60. The summed E-state index contributed by atoms with van der Waals surface area (Å²) >= 11 is 0. The number of hydrogen-bond acceptors (Lipinski definition) is 3. The zero-order valence-corrected chi connectivity index (χ0v) is 13.0. The number of nitrogens with zero attached hydrogens (tertiary/aromatic N) is 2. The molecule has 0 amide bonds. The summed E-state index contributed by atoms with van der Waals surface area (Å²) in [4.78, 5) is 4.70. The maximum absolute atomic E-state index is 13.1. The van der Waals surface area contributed by atoms with Crippen LogP contribution in [0, 0.1) is 6.92 Å². The second kappa shape index (κ2) is 4.43. The Hall–Kier alpha value is -2.14. The third-order valence-corrected chi connectivity index (χ3v) is 6.42. The van der Waals surface area contributed by atoms with Gasteiger partial charge in [-0.05, 0) is 43.2 Å². The van der Waals surface area contributed by atoms with Crippen molar-refractivity contribution in [2.24, 2.45) is 0 Å². The molecule has 2 atom stereocenters. The van der Waals surface area contributed by atoms with E-state index in [-0.39, 0.29) is 12.0 Å². The van der Waals surface area contributed by atoms with Gasteiger partial charge in [0, 0.05) is 12.1 Å². The van der Waals surface area contributed by atoms with Crippen LogP contribution in [-0.2, 0) is 10.0 Å². The van der Waals surface area contributed by atoms with Crippen molar-refractivity contribution >= 4 is 15.7 Å². The molecule has 112 valence electrons. The maximum Gasteiger partial charge on any atom is 0.264 e. The number of benzene rings is 1. The van der Waals surface area contributed by atoms with Gasteiger partial charge in [0.25, 0.3) is 10.0 Å². The zero-order valence-electron chi connectivity index (χ0n) is 12.2. The van der Waals surface area contributed by atoms with Gasteiger partial charge in [0.2, 0.25) is 0 Å². The van der Waals surface area contributed by atoms with Crippen molar-refractivity contribution in [3.8, 4) is 0 Å². The van der Waals surface area contributed by atoms with Gasteiger partial charge < -0.3 is 0 Å². The quantitative estimate of drug-likeness (QED) is 0.801. The van der Waals surface area contributed by atoms with E-state index in [0.717, 1.165) is 23.3 Å². The standard InChI is InChI=1S/C17H16N2O2S/c1-11-5-7-13(8-6-11)22(20,21)19-15-4-3-9-18-17(15)14-10-16(19)12(14)2/h3-9,14,16H,2,10H2,1H3. The highest BCUT2D eigenvalue weighted by molar-refractivity contribution is 7.92. The summed E-state index contributed by atoms with van der Waals surface area (Å²) in [5, 5.41) is 0. The van der Waals surface area contributed by atoms with E-state index in [0.29, 0.717) is 10.6 Å². The predicted octanol–water partition coefficient (Wildman–Crippen LogP) is 3.01. The largest absolute Gasteiger partial charge is 0.264 e. The summed E-state index contributed by atoms with van der Waals surface area (Å²) in [5.41, 5.74) is 3.50. The third-order valence-electron chi connectivity index (χ3n) is 4.58. The second-order valence-corrected chi connectivity index (χ2v) is 7.72. The van der Waals surface area contributed by atoms with E-state index in [1.165, 1.54) is 4.31 Å². The Bertz CT molecular complexity index is 872. The Morgan fingerprint density at radius 2 is 1.95 bits per heavy atom. The lowest BCUT2D eigenvalue weighted by molar-refractivity contribution is 0.446. The lowest BCUT2D eigenvalue weighted by Crippen LogP contribution is -2.53. The van der Waals surface area contributed by atoms with Crippen molar-refractivity contribution in [2.45, 2.75) is 30.2 Å². The number of anilines is 1. The van der Waals surface area contributed by atoms with Gasteiger partial charge >= 0.3 is 0 Å². The molecule has 1 aliphatic carbocycles. The van der Waals surface area contributed by atoms with Crippen molar-refractivity contribution in [3.05, 3.63) is 66.0 Å². The first-order valence-electron chi connectivity index (χ1n) is 7.25. The summed E-state index contributed by atoms with van der Waals surface area (Å²) < 4.78 is 27.7. The highest BCUT2D eigenvalue weighted by Crippen LogP contribution is 2.53. The summed E-state index contributed by atoms with van der Waals surface area (Å²) in [5.74, 6) is 0.200. The van der Waals surface area contributed by atoms with Crippen LogP contribution >= 0.6 is 0 Å². The Morgan fingerprint density at radius 3 is 2.64 bits per heavy atom. The number of aromatic nitrogens is 1. The van der Waals surface area contributed by atoms with Gasteiger partial charge in [-0.25, -0.2) is 8.42 Å². The van der Waals surface area contributed by atoms with Crippen LogP contribution in [0.3, 0.4) is 0 Å². The number of sulfonamides is 1. The average molecular weight is 312 g/mol. The molecule has 4 nitrogen and oxygen atoms in total. The molecule has 3 aliphatic rings. The lowest BCUT2D eigenvalue weighted by atomic mass is 9.70. The van der Waals surface area contributed by atoms with Crippen LogP contribution in [0.25, 0.3) is 0 Å². The molecule has 1 fully saturated rings. The smallest absolute Gasteiger partial charge is 0.258 e. The normalized spacial score (nSPS) is 23.0. The van der Waals surface area contributed by atoms with E-state index in [1.807, 2.05) is 25.1 Å². The molecule has 2 unspecified atom stereocenters. The van der Waals surface area contributed by atoms with Crippen LogP contribution in [0.1, 0.15) is 23.6 Å². The molecule has 2 aromatic rings. The van der Waals surface area contributed by atoms with Crippen molar-refractivity contribution in [1.82, 2.24) is 4.98 Å². The number of aryl methyl sites for hydroxylation is 1. The van der Waals surface area contributed by atoms with E-state index >= 15 is 0 Å². The molecular weight excluding hydrogens is 296 g/mol. The average Bonchev–Trinajstić information content (AvgIpc) is 2.53. The van der Waals surface area contributed by atoms with Crippen LogP contribution in [0.5, 0.6) is 0 Å². The molecule has 0 radical (unpaired) electrons. The molecule has 2 aliphatic heterocycles. The van der Waals surface area contributed by atoms with Crippen LogP contribution in [0.2, 0.25) is 0 Å². The summed E-state index contributed by atoms with van der Waals surface area (Å²) in [6, 6.07) is 10.4. The van der Waals surface area contributed by atoms with Crippen molar-refractivity contribution in [1.29, 1.82) is 0 Å². The summed E-state index contributed by atoms with van der Waals surface area (Å²) in [6.07, 6.45) is 2.48. The van der Waals surface area contributed by atoms with Gasteiger partial charge in [0.15, 0.2) is 0 Å². The molecule has 5 rings (SSSR count). The molecule has 2 bridgehead atoms. The Morgan fingerprint density at radius 1 is 1.23 bits per heavy atom. The lowest BCUT2D eigenvalue weighted by Gasteiger charge is -2.50. The molecule has 5 heteroatoms. The summed E-state index contributed by atoms with van der Waals surface area (Å²) in [6.45, 7) is 6.01. The van der Waals surface area contributed by atoms with Gasteiger partial charge in [0.1, 0.15) is 0 Å². The molecule has 3 heterocycles. The third kappa shape index (κ3) is 1.69. The van der Waals surface area contributed by atoms with E-state index in [4.69, 9.17) is 0 Å². The highest BCUT2D eigenvalue weighted by atomic mass is 32.2. The van der Waals surface area contributed by atoms with Crippen LogP contribution < -0.4 is 4.31 Å². The fraction of sp³-hybridized carbons (Fsp3) is 0.235. The molecule has 1 aromatic carbocycles. The Labute approximate surface area is 130 Å². The van der Waals surface area contributed by atoms with E-state index in [2.05, 4.69) is 11.6 Å². The predicted molar refractivity (Wildman–Crippen MR) is 85.4 cm³/mol. The maximum atomic E-state index is 13.1. The van der Waals surface area contributed by atoms with E-state index < -0.39 is 10.0 Å². The number of hydrogen-bond donors (Lipinski definition) is 0. The minimum absolute atomic E-state index is 0.145. The summed E-state index contributed by atoms with van der Waals surface area (Å²) in [7, 11) is -3.60. The first-order valence-corrected chi connectivity index (χ1v) is 8.69. The first kappa shape index (κ1) is 13.5. The molecular formula is C17H16N2O2S. The fourth-order valence-electron chi connectivity index (χ4n) is 3.28. The SMILES string of the molecule is C=C1C2CC1N(S(=O)(=O)c1ccc(C)cc1)c1cccnc12. The van der Waals surface area contributed by atoms with Gasteiger partial charge in [-0.1, -0.05) is 24.3 Å². The topological polar surface area (TPSA) is 50.3 Å². The fourth-order valence-corrected chi connectivity index (χ4v) is 4.96. The van der Waals surface area contributed by atoms with Crippen LogP contribution in [0.15, 0.2) is 59.6 Å². The second-order valence-electron chi connectivity index (χ2n) is 5.90. The highest BCUT2D eigenvalue weighted by Gasteiger charge is 2.50. The van der Waals surface area contributed by atoms with Gasteiger partial charge in [-0.15, -0.1) is 0 Å². The van der Waals surface area contributed by atoms with Crippen LogP contribution in [-0.4, -0.2) is 19.4 Å². The zero-order chi connectivity index (χ0) is 15.5. The minimum Gasteiger partial charge on any atom is -0.258 e. The number of rotatable bonds is 2. The van der Waals surface area contributed by atoms with Crippen molar-refractivity contribution in [2.75, 3.05) is 4.31 Å². The van der Waals surface area contributed by atoms with Gasteiger partial charge in [0.05, 0.1) is 22.3 Å². The first-order chi connectivity index (χ1) is 10.5. The van der Waals surface area contributed by atoms with Crippen molar-refractivity contribution in [3.63, 3.8) is 0 Å².